The van der Waals surface area contributed by atoms with Crippen molar-refractivity contribution in [3.63, 3.8) is 0 Å². The molecule has 2 aromatic rings. The van der Waals surface area contributed by atoms with E-state index in [-0.39, 0.29) is 23.9 Å². The largest absolute Gasteiger partial charge is 0.360 e. The Morgan fingerprint density at radius 1 is 1.07 bits per heavy atom. The van der Waals surface area contributed by atoms with Crippen LogP contribution in [0.5, 0.6) is 0 Å². The number of aromatic nitrogens is 1. The summed E-state index contributed by atoms with van der Waals surface area (Å²) in [5.74, 6) is 0.440. The van der Waals surface area contributed by atoms with Crippen LogP contribution in [0.15, 0.2) is 33.7 Å². The van der Waals surface area contributed by atoms with E-state index in [9.17, 15) is 13.2 Å². The Bertz CT molecular complexity index is 1030. The molecule has 4 rings (SSSR count). The summed E-state index contributed by atoms with van der Waals surface area (Å²) in [6, 6.07) is 8.26. The molecule has 0 bridgehead atoms. The topological polar surface area (TPSA) is 83.7 Å². The van der Waals surface area contributed by atoms with Gasteiger partial charge in [-0.3, -0.25) is 4.79 Å². The fourth-order valence-electron chi connectivity index (χ4n) is 4.95. The van der Waals surface area contributed by atoms with Gasteiger partial charge in [0.25, 0.3) is 0 Å². The molecule has 1 aromatic carbocycles. The van der Waals surface area contributed by atoms with Crippen LogP contribution in [0, 0.1) is 20.8 Å². The molecule has 0 atom stereocenters. The van der Waals surface area contributed by atoms with Crippen LogP contribution in [0.25, 0.3) is 0 Å². The van der Waals surface area contributed by atoms with E-state index in [0.29, 0.717) is 24.5 Å². The van der Waals surface area contributed by atoms with Crippen molar-refractivity contribution >= 4 is 15.9 Å². The van der Waals surface area contributed by atoms with E-state index in [0.717, 1.165) is 36.8 Å². The van der Waals surface area contributed by atoms with Crippen LogP contribution in [-0.4, -0.2) is 54.9 Å². The smallest absolute Gasteiger partial charge is 0.248 e. The standard InChI is InChI=1S/C22H29N3O4S/c1-16-7-6-8-19(15-16)22(9-4-5-10-22)21(26)24-11-13-25(14-12-24)30(27,28)20-17(2)23-29-18(20)3/h6-8,15H,4-5,9-14H2,1-3H3. The molecule has 1 amide bonds. The second-order valence-electron chi connectivity index (χ2n) is 8.51. The number of carbonyl (C=O) groups is 1. The van der Waals surface area contributed by atoms with Crippen LogP contribution in [0.2, 0.25) is 0 Å². The van der Waals surface area contributed by atoms with Gasteiger partial charge in [-0.25, -0.2) is 8.42 Å². The fourth-order valence-corrected chi connectivity index (χ4v) is 6.67. The molecule has 1 saturated carbocycles. The molecule has 7 nitrogen and oxygen atoms in total. The van der Waals surface area contributed by atoms with E-state index < -0.39 is 15.4 Å². The number of carbonyl (C=O) groups excluding carboxylic acids is 1. The second kappa shape index (κ2) is 7.81. The number of sulfonamides is 1. The average Bonchev–Trinajstić information content (AvgIpc) is 3.35. The Morgan fingerprint density at radius 2 is 1.73 bits per heavy atom. The third kappa shape index (κ3) is 3.46. The van der Waals surface area contributed by atoms with Gasteiger partial charge in [0.1, 0.15) is 10.6 Å². The third-order valence-corrected chi connectivity index (χ3v) is 8.67. The van der Waals surface area contributed by atoms with E-state index in [1.54, 1.807) is 13.8 Å². The third-order valence-electron chi connectivity index (χ3n) is 6.53. The maximum atomic E-state index is 13.7. The number of amides is 1. The zero-order chi connectivity index (χ0) is 21.5. The molecule has 2 heterocycles. The molecule has 1 aliphatic heterocycles. The van der Waals surface area contributed by atoms with Crippen LogP contribution in [0.1, 0.15) is 48.3 Å². The molecule has 8 heteroatoms. The van der Waals surface area contributed by atoms with Gasteiger partial charge in [0.15, 0.2) is 5.76 Å². The minimum absolute atomic E-state index is 0.139. The summed E-state index contributed by atoms with van der Waals surface area (Å²) in [6.45, 7) is 6.65. The summed E-state index contributed by atoms with van der Waals surface area (Å²) in [6.07, 6.45) is 3.79. The quantitative estimate of drug-likeness (QED) is 0.743. The molecule has 162 valence electrons. The van der Waals surface area contributed by atoms with Crippen LogP contribution in [0.3, 0.4) is 0 Å². The normalized spacial score (nSPS) is 19.9. The highest BCUT2D eigenvalue weighted by atomic mass is 32.2. The summed E-state index contributed by atoms with van der Waals surface area (Å²) in [7, 11) is -3.68. The Morgan fingerprint density at radius 3 is 2.30 bits per heavy atom. The zero-order valence-electron chi connectivity index (χ0n) is 17.8. The minimum atomic E-state index is -3.68. The number of piperazine rings is 1. The van der Waals surface area contributed by atoms with Crippen molar-refractivity contribution in [3.05, 3.63) is 46.8 Å². The highest BCUT2D eigenvalue weighted by Gasteiger charge is 2.46. The molecular formula is C22H29N3O4S. The van der Waals surface area contributed by atoms with Gasteiger partial charge >= 0.3 is 0 Å². The predicted molar refractivity (Wildman–Crippen MR) is 113 cm³/mol. The summed E-state index contributed by atoms with van der Waals surface area (Å²) in [5.41, 5.74) is 2.14. The Hall–Kier alpha value is -2.19. The number of rotatable bonds is 4. The molecule has 0 spiro atoms. The maximum absolute atomic E-state index is 13.7. The van der Waals surface area contributed by atoms with Gasteiger partial charge in [0, 0.05) is 26.2 Å². The molecule has 1 aliphatic carbocycles. The predicted octanol–water partition coefficient (Wildman–Crippen LogP) is 2.94. The zero-order valence-corrected chi connectivity index (χ0v) is 18.7. The van der Waals surface area contributed by atoms with Crippen molar-refractivity contribution in [2.45, 2.75) is 56.8 Å². The first-order chi connectivity index (χ1) is 14.3. The van der Waals surface area contributed by atoms with Gasteiger partial charge in [0.05, 0.1) is 5.41 Å². The summed E-state index contributed by atoms with van der Waals surface area (Å²) in [5, 5.41) is 3.78. The molecule has 0 unspecified atom stereocenters. The monoisotopic (exact) mass is 431 g/mol. The Labute approximate surface area is 178 Å². The van der Waals surface area contributed by atoms with E-state index in [1.165, 1.54) is 4.31 Å². The molecular weight excluding hydrogens is 402 g/mol. The molecule has 1 aromatic heterocycles. The number of aryl methyl sites for hydroxylation is 3. The lowest BCUT2D eigenvalue weighted by Crippen LogP contribution is -2.55. The first-order valence-electron chi connectivity index (χ1n) is 10.6. The average molecular weight is 432 g/mol. The van der Waals surface area contributed by atoms with E-state index >= 15 is 0 Å². The molecule has 30 heavy (non-hydrogen) atoms. The highest BCUT2D eigenvalue weighted by Crippen LogP contribution is 2.43. The van der Waals surface area contributed by atoms with E-state index in [4.69, 9.17) is 4.52 Å². The number of nitrogens with zero attached hydrogens (tertiary/aromatic N) is 3. The first-order valence-corrected chi connectivity index (χ1v) is 12.0. The van der Waals surface area contributed by atoms with Crippen LogP contribution in [0.4, 0.5) is 0 Å². The summed E-state index contributed by atoms with van der Waals surface area (Å²) < 4.78 is 32.6. The minimum Gasteiger partial charge on any atom is -0.360 e. The molecule has 0 radical (unpaired) electrons. The Kier molecular flexibility index (Phi) is 5.48. The van der Waals surface area contributed by atoms with Gasteiger partial charge in [-0.1, -0.05) is 47.8 Å². The van der Waals surface area contributed by atoms with Crippen molar-refractivity contribution in [1.29, 1.82) is 0 Å². The maximum Gasteiger partial charge on any atom is 0.248 e. The molecule has 2 fully saturated rings. The number of hydrogen-bond donors (Lipinski definition) is 0. The van der Waals surface area contributed by atoms with Crippen molar-refractivity contribution in [2.75, 3.05) is 26.2 Å². The van der Waals surface area contributed by atoms with Gasteiger partial charge in [-0.15, -0.1) is 0 Å². The lowest BCUT2D eigenvalue weighted by molar-refractivity contribution is -0.138. The SMILES string of the molecule is Cc1cccc(C2(C(=O)N3CCN(S(=O)(=O)c4c(C)noc4C)CC3)CCCC2)c1. The van der Waals surface area contributed by atoms with Crippen LogP contribution < -0.4 is 0 Å². The molecule has 1 saturated heterocycles. The fraction of sp³-hybridized carbons (Fsp3) is 0.545. The lowest BCUT2D eigenvalue weighted by atomic mass is 9.77. The van der Waals surface area contributed by atoms with Gasteiger partial charge in [0.2, 0.25) is 15.9 Å². The summed E-state index contributed by atoms with van der Waals surface area (Å²) in [4.78, 5) is 15.7. The van der Waals surface area contributed by atoms with Gasteiger partial charge in [-0.05, 0) is 39.2 Å². The van der Waals surface area contributed by atoms with Crippen molar-refractivity contribution in [2.24, 2.45) is 0 Å². The molecule has 2 aliphatic rings. The van der Waals surface area contributed by atoms with Crippen LogP contribution in [-0.2, 0) is 20.2 Å². The van der Waals surface area contributed by atoms with Crippen molar-refractivity contribution in [1.82, 2.24) is 14.4 Å². The van der Waals surface area contributed by atoms with Crippen molar-refractivity contribution in [3.8, 4) is 0 Å². The van der Waals surface area contributed by atoms with Crippen molar-refractivity contribution < 1.29 is 17.7 Å². The second-order valence-corrected chi connectivity index (χ2v) is 10.4. The molecule has 0 N–H and O–H groups in total. The van der Waals surface area contributed by atoms with Gasteiger partial charge in [-0.2, -0.15) is 4.31 Å². The number of hydrogen-bond acceptors (Lipinski definition) is 5. The number of benzene rings is 1. The Balaban J connectivity index is 1.53. The lowest BCUT2D eigenvalue weighted by Gasteiger charge is -2.39. The first kappa shape index (κ1) is 21.1. The van der Waals surface area contributed by atoms with Crippen LogP contribution >= 0.6 is 0 Å². The van der Waals surface area contributed by atoms with E-state index in [1.807, 2.05) is 11.0 Å². The highest BCUT2D eigenvalue weighted by molar-refractivity contribution is 7.89. The summed E-state index contributed by atoms with van der Waals surface area (Å²) >= 11 is 0. The van der Waals surface area contributed by atoms with Gasteiger partial charge < -0.3 is 9.42 Å². The van der Waals surface area contributed by atoms with E-state index in [2.05, 4.69) is 30.3 Å².